The molecule has 0 saturated carbocycles. The molecule has 0 atom stereocenters. The molecule has 4 nitrogen and oxygen atoms in total. The fourth-order valence-corrected chi connectivity index (χ4v) is 2.30. The molecule has 0 unspecified atom stereocenters. The largest absolute Gasteiger partial charge is 0.492 e. The van der Waals surface area contributed by atoms with E-state index >= 15 is 0 Å². The van der Waals surface area contributed by atoms with E-state index in [1.54, 1.807) is 0 Å². The third-order valence-electron chi connectivity index (χ3n) is 3.60. The molecule has 0 spiro atoms. The number of hydrogen-bond donors (Lipinski definition) is 2. The zero-order chi connectivity index (χ0) is 16.7. The van der Waals surface area contributed by atoms with Crippen LogP contribution in [-0.4, -0.2) is 19.1 Å². The molecular formula is C19H25ClN2O2. The van der Waals surface area contributed by atoms with Crippen LogP contribution < -0.4 is 15.8 Å². The van der Waals surface area contributed by atoms with Gasteiger partial charge in [-0.3, -0.25) is 4.79 Å². The summed E-state index contributed by atoms with van der Waals surface area (Å²) in [6, 6.07) is 17.4. The molecule has 5 heteroatoms. The summed E-state index contributed by atoms with van der Waals surface area (Å²) in [5.74, 6) is 0.744. The van der Waals surface area contributed by atoms with Crippen LogP contribution in [0.25, 0.3) is 0 Å². The van der Waals surface area contributed by atoms with Crippen molar-refractivity contribution >= 4 is 24.0 Å². The molecule has 1 amide bonds. The molecule has 24 heavy (non-hydrogen) atoms. The lowest BCUT2D eigenvalue weighted by Gasteiger charge is -2.23. The molecule has 0 fully saturated rings. The lowest BCUT2D eigenvalue weighted by atomic mass is 9.84. The van der Waals surface area contributed by atoms with Crippen molar-refractivity contribution in [2.75, 3.05) is 18.5 Å². The Kier molecular flexibility index (Phi) is 7.75. The Morgan fingerprint density at radius 3 is 2.29 bits per heavy atom. The Bertz CT molecular complexity index is 628. The third kappa shape index (κ3) is 5.87. The Morgan fingerprint density at radius 2 is 1.71 bits per heavy atom. The minimum absolute atomic E-state index is 0. The number of ether oxygens (including phenoxy) is 1. The first-order chi connectivity index (χ1) is 11.0. The van der Waals surface area contributed by atoms with E-state index in [1.807, 2.05) is 68.4 Å². The van der Waals surface area contributed by atoms with Crippen LogP contribution in [-0.2, 0) is 11.2 Å². The minimum Gasteiger partial charge on any atom is -0.492 e. The molecular weight excluding hydrogens is 324 g/mol. The van der Waals surface area contributed by atoms with Gasteiger partial charge in [-0.2, -0.15) is 0 Å². The van der Waals surface area contributed by atoms with Gasteiger partial charge < -0.3 is 15.8 Å². The number of nitrogens with one attached hydrogen (secondary N) is 1. The smallest absolute Gasteiger partial charge is 0.230 e. The highest BCUT2D eigenvalue weighted by atomic mass is 35.5. The van der Waals surface area contributed by atoms with Gasteiger partial charge in [0.2, 0.25) is 5.91 Å². The van der Waals surface area contributed by atoms with E-state index in [1.165, 1.54) is 0 Å². The number of nitrogens with two attached hydrogens (primary N) is 1. The van der Waals surface area contributed by atoms with Gasteiger partial charge in [0.1, 0.15) is 12.4 Å². The number of carbonyl (C=O) groups excluding carboxylic acids is 1. The summed E-state index contributed by atoms with van der Waals surface area (Å²) in [6.07, 6.45) is 0.692. The van der Waals surface area contributed by atoms with E-state index in [-0.39, 0.29) is 18.3 Å². The van der Waals surface area contributed by atoms with Gasteiger partial charge in [-0.1, -0.05) is 44.2 Å². The van der Waals surface area contributed by atoms with E-state index in [0.717, 1.165) is 17.0 Å². The van der Waals surface area contributed by atoms with Crippen LogP contribution >= 0.6 is 12.4 Å². The summed E-state index contributed by atoms with van der Waals surface area (Å²) in [6.45, 7) is 4.87. The van der Waals surface area contributed by atoms with Crippen molar-refractivity contribution in [3.05, 3.63) is 60.2 Å². The number of halogens is 1. The lowest BCUT2D eigenvalue weighted by Crippen LogP contribution is -2.32. The number of anilines is 1. The molecule has 130 valence electrons. The molecule has 2 aromatic rings. The minimum atomic E-state index is -0.490. The fraction of sp³-hybridized carbons (Fsp3) is 0.316. The van der Waals surface area contributed by atoms with Gasteiger partial charge in [0, 0.05) is 17.6 Å². The first kappa shape index (κ1) is 20.0. The topological polar surface area (TPSA) is 64.3 Å². The van der Waals surface area contributed by atoms with Gasteiger partial charge in [0.15, 0.2) is 0 Å². The van der Waals surface area contributed by atoms with Crippen LogP contribution in [0.3, 0.4) is 0 Å². The average molecular weight is 349 g/mol. The highest BCUT2D eigenvalue weighted by molar-refractivity contribution is 5.95. The molecule has 2 aromatic carbocycles. The molecule has 0 aliphatic rings. The molecule has 0 aliphatic carbocycles. The lowest BCUT2D eigenvalue weighted by molar-refractivity contribution is -0.123. The van der Waals surface area contributed by atoms with Gasteiger partial charge in [-0.05, 0) is 36.2 Å². The third-order valence-corrected chi connectivity index (χ3v) is 3.60. The molecule has 0 aliphatic heterocycles. The highest BCUT2D eigenvalue weighted by Gasteiger charge is 2.27. The summed E-state index contributed by atoms with van der Waals surface area (Å²) >= 11 is 0. The van der Waals surface area contributed by atoms with E-state index in [4.69, 9.17) is 10.5 Å². The Labute approximate surface area is 149 Å². The SMILES string of the molecule is CC(C)(Cc1ccccc1)C(=O)Nc1ccc(OCCN)cc1.Cl. The summed E-state index contributed by atoms with van der Waals surface area (Å²) in [5.41, 5.74) is 6.82. The molecule has 0 radical (unpaired) electrons. The summed E-state index contributed by atoms with van der Waals surface area (Å²) < 4.78 is 5.42. The number of amides is 1. The second kappa shape index (κ2) is 9.30. The van der Waals surface area contributed by atoms with Crippen molar-refractivity contribution in [1.82, 2.24) is 0 Å². The predicted octanol–water partition coefficient (Wildman–Crippen LogP) is 3.65. The van der Waals surface area contributed by atoms with E-state index in [9.17, 15) is 4.79 Å². The zero-order valence-electron chi connectivity index (χ0n) is 14.1. The molecule has 2 rings (SSSR count). The van der Waals surface area contributed by atoms with Crippen LogP contribution in [0.5, 0.6) is 5.75 Å². The molecule has 0 saturated heterocycles. The Balaban J connectivity index is 0.00000288. The van der Waals surface area contributed by atoms with Gasteiger partial charge in [-0.25, -0.2) is 0 Å². The van der Waals surface area contributed by atoms with Gasteiger partial charge in [0.05, 0.1) is 0 Å². The summed E-state index contributed by atoms with van der Waals surface area (Å²) in [5, 5.41) is 2.97. The van der Waals surface area contributed by atoms with Gasteiger partial charge in [-0.15, -0.1) is 12.4 Å². The molecule has 3 N–H and O–H groups in total. The number of rotatable bonds is 7. The molecule has 0 bridgehead atoms. The van der Waals surface area contributed by atoms with Gasteiger partial charge in [0.25, 0.3) is 0 Å². The van der Waals surface area contributed by atoms with Crippen LogP contribution in [0.4, 0.5) is 5.69 Å². The standard InChI is InChI=1S/C19H24N2O2.ClH/c1-19(2,14-15-6-4-3-5-7-15)18(22)21-16-8-10-17(11-9-16)23-13-12-20;/h3-11H,12-14,20H2,1-2H3,(H,21,22);1H. The first-order valence-electron chi connectivity index (χ1n) is 7.79. The normalized spacial score (nSPS) is 10.6. The van der Waals surface area contributed by atoms with Crippen molar-refractivity contribution in [3.8, 4) is 5.75 Å². The van der Waals surface area contributed by atoms with Crippen molar-refractivity contribution < 1.29 is 9.53 Å². The highest BCUT2D eigenvalue weighted by Crippen LogP contribution is 2.25. The van der Waals surface area contributed by atoms with Crippen LogP contribution in [0.2, 0.25) is 0 Å². The Hall–Kier alpha value is -2.04. The number of hydrogen-bond acceptors (Lipinski definition) is 3. The Morgan fingerprint density at radius 1 is 1.08 bits per heavy atom. The summed E-state index contributed by atoms with van der Waals surface area (Å²) in [4.78, 5) is 12.5. The average Bonchev–Trinajstić information content (AvgIpc) is 2.54. The van der Waals surface area contributed by atoms with Crippen molar-refractivity contribution in [2.24, 2.45) is 11.1 Å². The quantitative estimate of drug-likeness (QED) is 0.802. The van der Waals surface area contributed by atoms with Crippen molar-refractivity contribution in [1.29, 1.82) is 0 Å². The van der Waals surface area contributed by atoms with Crippen LogP contribution in [0, 0.1) is 5.41 Å². The maximum absolute atomic E-state index is 12.5. The predicted molar refractivity (Wildman–Crippen MR) is 101 cm³/mol. The second-order valence-corrected chi connectivity index (χ2v) is 6.16. The number of benzene rings is 2. The summed E-state index contributed by atoms with van der Waals surface area (Å²) in [7, 11) is 0. The van der Waals surface area contributed by atoms with E-state index in [0.29, 0.717) is 19.6 Å². The molecule has 0 heterocycles. The van der Waals surface area contributed by atoms with Crippen molar-refractivity contribution in [3.63, 3.8) is 0 Å². The molecule has 0 aromatic heterocycles. The number of carbonyl (C=O) groups is 1. The van der Waals surface area contributed by atoms with E-state index in [2.05, 4.69) is 5.32 Å². The maximum Gasteiger partial charge on any atom is 0.230 e. The fourth-order valence-electron chi connectivity index (χ4n) is 2.30. The van der Waals surface area contributed by atoms with Crippen molar-refractivity contribution in [2.45, 2.75) is 20.3 Å². The zero-order valence-corrected chi connectivity index (χ0v) is 14.9. The van der Waals surface area contributed by atoms with E-state index < -0.39 is 5.41 Å². The monoisotopic (exact) mass is 348 g/mol. The van der Waals surface area contributed by atoms with Crippen LogP contribution in [0.15, 0.2) is 54.6 Å². The first-order valence-corrected chi connectivity index (χ1v) is 7.79. The maximum atomic E-state index is 12.5. The van der Waals surface area contributed by atoms with Gasteiger partial charge >= 0.3 is 0 Å². The van der Waals surface area contributed by atoms with Crippen LogP contribution in [0.1, 0.15) is 19.4 Å². The second-order valence-electron chi connectivity index (χ2n) is 6.16.